The van der Waals surface area contributed by atoms with Crippen LogP contribution in [0.15, 0.2) is 29.2 Å². The van der Waals surface area contributed by atoms with Crippen LogP contribution in [0.4, 0.5) is 0 Å². The van der Waals surface area contributed by atoms with Gasteiger partial charge in [0.05, 0.1) is 0 Å². The van der Waals surface area contributed by atoms with Crippen molar-refractivity contribution in [3.05, 3.63) is 29.8 Å². The first kappa shape index (κ1) is 14.9. The van der Waals surface area contributed by atoms with Gasteiger partial charge in [0.25, 0.3) is 0 Å². The van der Waals surface area contributed by atoms with E-state index in [1.54, 1.807) is 0 Å². The van der Waals surface area contributed by atoms with E-state index in [4.69, 9.17) is 0 Å². The van der Waals surface area contributed by atoms with Crippen LogP contribution in [0.1, 0.15) is 45.1 Å². The molecule has 19 heavy (non-hydrogen) atoms. The van der Waals surface area contributed by atoms with Crippen molar-refractivity contribution in [1.29, 1.82) is 0 Å². The molecule has 1 fully saturated rings. The molecule has 0 radical (unpaired) electrons. The van der Waals surface area contributed by atoms with Crippen molar-refractivity contribution in [2.24, 2.45) is 11.8 Å². The normalized spacial score (nSPS) is 16.4. The van der Waals surface area contributed by atoms with Gasteiger partial charge in [-0.15, -0.1) is 11.8 Å². The fourth-order valence-electron chi connectivity index (χ4n) is 2.67. The molecule has 0 saturated heterocycles. The first-order valence-electron chi connectivity index (χ1n) is 7.67. The smallest absolute Gasteiger partial charge is 0.0216 e. The van der Waals surface area contributed by atoms with Crippen LogP contribution in [0.3, 0.4) is 0 Å². The van der Waals surface area contributed by atoms with Crippen molar-refractivity contribution in [3.63, 3.8) is 0 Å². The van der Waals surface area contributed by atoms with Crippen LogP contribution in [-0.4, -0.2) is 12.3 Å². The third-order valence-corrected chi connectivity index (χ3v) is 5.14. The summed E-state index contributed by atoms with van der Waals surface area (Å²) in [7, 11) is 0. The summed E-state index contributed by atoms with van der Waals surface area (Å²) in [5, 5.41) is 3.56. The second-order valence-corrected chi connectivity index (χ2v) is 7.16. The van der Waals surface area contributed by atoms with E-state index in [1.165, 1.54) is 41.9 Å². The van der Waals surface area contributed by atoms with Crippen molar-refractivity contribution in [3.8, 4) is 0 Å². The summed E-state index contributed by atoms with van der Waals surface area (Å²) in [6, 6.07) is 8.88. The molecule has 1 aromatic carbocycles. The molecule has 0 spiro atoms. The lowest BCUT2D eigenvalue weighted by molar-refractivity contribution is 0.550. The number of hydrogen-bond donors (Lipinski definition) is 1. The highest BCUT2D eigenvalue weighted by Gasteiger charge is 2.15. The summed E-state index contributed by atoms with van der Waals surface area (Å²) in [5.41, 5.74) is 1.46. The van der Waals surface area contributed by atoms with Gasteiger partial charge >= 0.3 is 0 Å². The fourth-order valence-corrected chi connectivity index (χ4v) is 3.92. The SMILES string of the molecule is CC(C)CNCc1ccccc1SCC1CCCC1. The molecule has 106 valence electrons. The molecule has 0 heterocycles. The van der Waals surface area contributed by atoms with Gasteiger partial charge in [-0.05, 0) is 42.9 Å². The maximum absolute atomic E-state index is 3.56. The van der Waals surface area contributed by atoms with Gasteiger partial charge in [0.1, 0.15) is 0 Å². The molecule has 0 atom stereocenters. The van der Waals surface area contributed by atoms with E-state index in [0.29, 0.717) is 0 Å². The van der Waals surface area contributed by atoms with Crippen LogP contribution >= 0.6 is 11.8 Å². The average molecular weight is 277 g/mol. The maximum atomic E-state index is 3.56. The monoisotopic (exact) mass is 277 g/mol. The lowest BCUT2D eigenvalue weighted by Crippen LogP contribution is -2.19. The molecule has 1 N–H and O–H groups in total. The van der Waals surface area contributed by atoms with Crippen LogP contribution in [0, 0.1) is 11.8 Å². The van der Waals surface area contributed by atoms with Crippen LogP contribution in [0.2, 0.25) is 0 Å². The summed E-state index contributed by atoms with van der Waals surface area (Å²) in [6.07, 6.45) is 5.78. The second-order valence-electron chi connectivity index (χ2n) is 6.09. The van der Waals surface area contributed by atoms with E-state index >= 15 is 0 Å². The van der Waals surface area contributed by atoms with E-state index in [9.17, 15) is 0 Å². The van der Waals surface area contributed by atoms with E-state index < -0.39 is 0 Å². The zero-order valence-electron chi connectivity index (χ0n) is 12.3. The van der Waals surface area contributed by atoms with Crippen molar-refractivity contribution in [2.75, 3.05) is 12.3 Å². The van der Waals surface area contributed by atoms with E-state index in [0.717, 1.165) is 24.9 Å². The Morgan fingerprint density at radius 1 is 1.21 bits per heavy atom. The Labute approximate surface area is 122 Å². The van der Waals surface area contributed by atoms with Crippen molar-refractivity contribution < 1.29 is 0 Å². The number of thioether (sulfide) groups is 1. The van der Waals surface area contributed by atoms with Gasteiger partial charge in [0.2, 0.25) is 0 Å². The number of nitrogens with one attached hydrogen (secondary N) is 1. The molecule has 2 heteroatoms. The van der Waals surface area contributed by atoms with Gasteiger partial charge < -0.3 is 5.32 Å². The highest BCUT2D eigenvalue weighted by atomic mass is 32.2. The maximum Gasteiger partial charge on any atom is 0.0216 e. The van der Waals surface area contributed by atoms with Crippen LogP contribution < -0.4 is 5.32 Å². The zero-order valence-corrected chi connectivity index (χ0v) is 13.1. The minimum absolute atomic E-state index is 0.721. The van der Waals surface area contributed by atoms with Crippen molar-refractivity contribution >= 4 is 11.8 Å². The van der Waals surface area contributed by atoms with Gasteiger partial charge in [-0.3, -0.25) is 0 Å². The molecule has 1 aromatic rings. The van der Waals surface area contributed by atoms with Gasteiger partial charge in [-0.25, -0.2) is 0 Å². The molecule has 0 bridgehead atoms. The average Bonchev–Trinajstić information content (AvgIpc) is 2.90. The third-order valence-electron chi connectivity index (χ3n) is 3.79. The Morgan fingerprint density at radius 3 is 2.68 bits per heavy atom. The molecule has 0 unspecified atom stereocenters. The molecule has 0 amide bonds. The lowest BCUT2D eigenvalue weighted by atomic mass is 10.1. The molecule has 2 rings (SSSR count). The minimum Gasteiger partial charge on any atom is -0.312 e. The Hall–Kier alpha value is -0.470. The largest absolute Gasteiger partial charge is 0.312 e. The predicted octanol–water partition coefficient (Wildman–Crippen LogP) is 4.71. The minimum atomic E-state index is 0.721. The number of benzene rings is 1. The van der Waals surface area contributed by atoms with E-state index in [-0.39, 0.29) is 0 Å². The molecule has 0 aliphatic heterocycles. The molecule has 0 aromatic heterocycles. The standard InChI is InChI=1S/C17H27NS/c1-14(2)11-18-12-16-9-5-6-10-17(16)19-13-15-7-3-4-8-15/h5-6,9-10,14-15,18H,3-4,7-8,11-13H2,1-2H3. The van der Waals surface area contributed by atoms with E-state index in [2.05, 4.69) is 55.2 Å². The summed E-state index contributed by atoms with van der Waals surface area (Å²) in [5.74, 6) is 2.99. The molecule has 1 aliphatic rings. The highest BCUT2D eigenvalue weighted by molar-refractivity contribution is 7.99. The van der Waals surface area contributed by atoms with Crippen LogP contribution in [0.5, 0.6) is 0 Å². The molecular formula is C17H27NS. The summed E-state index contributed by atoms with van der Waals surface area (Å²) in [4.78, 5) is 1.48. The molecular weight excluding hydrogens is 250 g/mol. The topological polar surface area (TPSA) is 12.0 Å². The van der Waals surface area contributed by atoms with Crippen LogP contribution in [0.25, 0.3) is 0 Å². The second kappa shape index (κ2) is 7.96. The summed E-state index contributed by atoms with van der Waals surface area (Å²) in [6.45, 7) is 6.62. The number of rotatable bonds is 7. The van der Waals surface area contributed by atoms with Crippen molar-refractivity contribution in [1.82, 2.24) is 5.32 Å². The zero-order chi connectivity index (χ0) is 13.5. The predicted molar refractivity (Wildman–Crippen MR) is 85.7 cm³/mol. The summed E-state index contributed by atoms with van der Waals surface area (Å²) < 4.78 is 0. The van der Waals surface area contributed by atoms with Gasteiger partial charge in [0.15, 0.2) is 0 Å². The Bertz CT molecular complexity index is 369. The Morgan fingerprint density at radius 2 is 1.95 bits per heavy atom. The fraction of sp³-hybridized carbons (Fsp3) is 0.647. The summed E-state index contributed by atoms with van der Waals surface area (Å²) >= 11 is 2.06. The molecule has 1 nitrogen and oxygen atoms in total. The Balaban J connectivity index is 1.84. The Kier molecular flexibility index (Phi) is 6.25. The molecule has 1 aliphatic carbocycles. The van der Waals surface area contributed by atoms with Gasteiger partial charge in [-0.2, -0.15) is 0 Å². The first-order chi connectivity index (χ1) is 9.25. The van der Waals surface area contributed by atoms with Crippen molar-refractivity contribution in [2.45, 2.75) is 51.0 Å². The quantitative estimate of drug-likeness (QED) is 0.724. The number of hydrogen-bond acceptors (Lipinski definition) is 2. The van der Waals surface area contributed by atoms with Gasteiger partial charge in [0, 0.05) is 17.2 Å². The first-order valence-corrected chi connectivity index (χ1v) is 8.65. The third kappa shape index (κ3) is 5.19. The van der Waals surface area contributed by atoms with Gasteiger partial charge in [-0.1, -0.05) is 44.9 Å². The highest BCUT2D eigenvalue weighted by Crippen LogP contribution is 2.32. The van der Waals surface area contributed by atoms with Crippen LogP contribution in [-0.2, 0) is 6.54 Å². The molecule has 1 saturated carbocycles. The van der Waals surface area contributed by atoms with E-state index in [1.807, 2.05) is 0 Å². The lowest BCUT2D eigenvalue weighted by Gasteiger charge is -2.13.